The van der Waals surface area contributed by atoms with Gasteiger partial charge in [-0.1, -0.05) is 13.8 Å². The fourth-order valence-corrected chi connectivity index (χ4v) is 2.22. The molecule has 0 saturated heterocycles. The first kappa shape index (κ1) is 13.6. The molecule has 0 saturated carbocycles. The van der Waals surface area contributed by atoms with Crippen molar-refractivity contribution in [3.8, 4) is 0 Å². The lowest BCUT2D eigenvalue weighted by Crippen LogP contribution is -2.31. The number of Topliss-reactive ketones (excluding diaryl/α,β-unsaturated/α-hetero) is 1. The predicted octanol–water partition coefficient (Wildman–Crippen LogP) is 2.93. The lowest BCUT2D eigenvalue weighted by molar-refractivity contribution is -0.114. The number of hydrogen-bond acceptors (Lipinski definition) is 2. The number of ketones is 1. The standard InChI is InChI=1S/C14H15F2NO2/c1-8(2)4-3-5-17-12-10(13(18)14(17)19)6-9(15)7-11(12)16/h6-8H,3-5H2,1-2H3. The van der Waals surface area contributed by atoms with Crippen LogP contribution >= 0.6 is 0 Å². The van der Waals surface area contributed by atoms with Crippen molar-refractivity contribution in [1.29, 1.82) is 0 Å². The highest BCUT2D eigenvalue weighted by molar-refractivity contribution is 6.52. The summed E-state index contributed by atoms with van der Waals surface area (Å²) in [6.07, 6.45) is 1.54. The number of amides is 1. The molecule has 2 rings (SSSR count). The summed E-state index contributed by atoms with van der Waals surface area (Å²) in [6, 6.07) is 1.61. The minimum atomic E-state index is -0.862. The Bertz CT molecular complexity index is 540. The molecule has 0 spiro atoms. The second kappa shape index (κ2) is 5.07. The van der Waals surface area contributed by atoms with E-state index in [4.69, 9.17) is 0 Å². The zero-order chi connectivity index (χ0) is 14.2. The van der Waals surface area contributed by atoms with Crippen molar-refractivity contribution in [3.05, 3.63) is 29.3 Å². The molecule has 0 unspecified atom stereocenters. The van der Waals surface area contributed by atoms with E-state index in [0.29, 0.717) is 18.4 Å². The maximum atomic E-state index is 13.7. The molecule has 0 radical (unpaired) electrons. The Morgan fingerprint density at radius 2 is 1.89 bits per heavy atom. The van der Waals surface area contributed by atoms with Crippen LogP contribution in [0.25, 0.3) is 0 Å². The molecular formula is C14H15F2NO2. The van der Waals surface area contributed by atoms with Gasteiger partial charge < -0.3 is 4.90 Å². The lowest BCUT2D eigenvalue weighted by Gasteiger charge is -2.17. The minimum Gasteiger partial charge on any atom is -0.302 e. The van der Waals surface area contributed by atoms with Gasteiger partial charge in [0.05, 0.1) is 11.3 Å². The van der Waals surface area contributed by atoms with Gasteiger partial charge in [-0.25, -0.2) is 8.78 Å². The summed E-state index contributed by atoms with van der Waals surface area (Å²) in [5.41, 5.74) is -0.257. The molecular weight excluding hydrogens is 252 g/mol. The number of halogens is 2. The van der Waals surface area contributed by atoms with Crippen LogP contribution in [0.15, 0.2) is 12.1 Å². The molecule has 1 aliphatic heterocycles. The maximum Gasteiger partial charge on any atom is 0.299 e. The first-order chi connectivity index (χ1) is 8.91. The van der Waals surface area contributed by atoms with Gasteiger partial charge in [-0.3, -0.25) is 9.59 Å². The van der Waals surface area contributed by atoms with Gasteiger partial charge in [0.2, 0.25) is 0 Å². The molecule has 0 fully saturated rings. The molecule has 102 valence electrons. The molecule has 1 aromatic rings. The van der Waals surface area contributed by atoms with Gasteiger partial charge in [0, 0.05) is 12.6 Å². The van der Waals surface area contributed by atoms with Crippen LogP contribution in [0.3, 0.4) is 0 Å². The third-order valence-corrected chi connectivity index (χ3v) is 3.15. The van der Waals surface area contributed by atoms with E-state index >= 15 is 0 Å². The molecule has 3 nitrogen and oxygen atoms in total. The monoisotopic (exact) mass is 267 g/mol. The van der Waals surface area contributed by atoms with Crippen LogP contribution in [-0.2, 0) is 4.79 Å². The van der Waals surface area contributed by atoms with Crippen molar-refractivity contribution in [2.45, 2.75) is 26.7 Å². The minimum absolute atomic E-state index is 0.0832. The number of carbonyl (C=O) groups is 2. The van der Waals surface area contributed by atoms with Crippen molar-refractivity contribution >= 4 is 17.4 Å². The van der Waals surface area contributed by atoms with Gasteiger partial charge in [-0.15, -0.1) is 0 Å². The SMILES string of the molecule is CC(C)CCCN1C(=O)C(=O)c2cc(F)cc(F)c21. The lowest BCUT2D eigenvalue weighted by atomic mass is 10.1. The summed E-state index contributed by atoms with van der Waals surface area (Å²) >= 11 is 0. The molecule has 1 aromatic carbocycles. The molecule has 19 heavy (non-hydrogen) atoms. The Morgan fingerprint density at radius 3 is 2.53 bits per heavy atom. The number of anilines is 1. The molecule has 1 amide bonds. The number of nitrogens with zero attached hydrogens (tertiary/aromatic N) is 1. The largest absolute Gasteiger partial charge is 0.302 e. The smallest absolute Gasteiger partial charge is 0.299 e. The summed E-state index contributed by atoms with van der Waals surface area (Å²) < 4.78 is 26.8. The van der Waals surface area contributed by atoms with Crippen molar-refractivity contribution < 1.29 is 18.4 Å². The van der Waals surface area contributed by atoms with Crippen molar-refractivity contribution in [2.75, 3.05) is 11.4 Å². The molecule has 0 aromatic heterocycles. The van der Waals surface area contributed by atoms with Gasteiger partial charge in [0.15, 0.2) is 5.82 Å². The third-order valence-electron chi connectivity index (χ3n) is 3.15. The predicted molar refractivity (Wildman–Crippen MR) is 67.1 cm³/mol. The normalized spacial score (nSPS) is 14.5. The third kappa shape index (κ3) is 2.50. The van der Waals surface area contributed by atoms with Gasteiger partial charge in [-0.05, 0) is 24.8 Å². The fourth-order valence-electron chi connectivity index (χ4n) is 2.22. The Hall–Kier alpha value is -1.78. The molecule has 0 bridgehead atoms. The quantitative estimate of drug-likeness (QED) is 0.786. The van der Waals surface area contributed by atoms with Crippen LogP contribution in [0.5, 0.6) is 0 Å². The van der Waals surface area contributed by atoms with Crippen molar-refractivity contribution in [2.24, 2.45) is 5.92 Å². The summed E-state index contributed by atoms with van der Waals surface area (Å²) in [4.78, 5) is 24.6. The summed E-state index contributed by atoms with van der Waals surface area (Å²) in [7, 11) is 0. The summed E-state index contributed by atoms with van der Waals surface area (Å²) in [5, 5.41) is 0. The Morgan fingerprint density at radius 1 is 1.21 bits per heavy atom. The van der Waals surface area contributed by atoms with Crippen LogP contribution in [0, 0.1) is 17.6 Å². The zero-order valence-corrected chi connectivity index (χ0v) is 10.9. The number of hydrogen-bond donors (Lipinski definition) is 0. The van der Waals surface area contributed by atoms with Gasteiger partial charge in [0.1, 0.15) is 5.82 Å². The Balaban J connectivity index is 2.28. The molecule has 0 atom stereocenters. The van der Waals surface area contributed by atoms with Gasteiger partial charge in [-0.2, -0.15) is 0 Å². The van der Waals surface area contributed by atoms with E-state index in [1.165, 1.54) is 0 Å². The highest BCUT2D eigenvalue weighted by atomic mass is 19.1. The maximum absolute atomic E-state index is 13.7. The van der Waals surface area contributed by atoms with Gasteiger partial charge >= 0.3 is 0 Å². The second-order valence-electron chi connectivity index (χ2n) is 5.11. The van der Waals surface area contributed by atoms with E-state index < -0.39 is 23.3 Å². The van der Waals surface area contributed by atoms with Crippen LogP contribution in [-0.4, -0.2) is 18.2 Å². The number of carbonyl (C=O) groups excluding carboxylic acids is 2. The summed E-state index contributed by atoms with van der Waals surface area (Å²) in [6.45, 7) is 4.36. The topological polar surface area (TPSA) is 37.4 Å². The average Bonchev–Trinajstić information content (AvgIpc) is 2.54. The number of fused-ring (bicyclic) bond motifs is 1. The number of benzene rings is 1. The van der Waals surface area contributed by atoms with E-state index in [9.17, 15) is 18.4 Å². The zero-order valence-electron chi connectivity index (χ0n) is 10.9. The molecule has 1 aliphatic rings. The molecule has 0 N–H and O–H groups in total. The highest BCUT2D eigenvalue weighted by Crippen LogP contribution is 2.32. The van der Waals surface area contributed by atoms with Crippen molar-refractivity contribution in [3.63, 3.8) is 0 Å². The number of rotatable bonds is 4. The van der Waals surface area contributed by atoms with Crippen LogP contribution in [0.4, 0.5) is 14.5 Å². The van der Waals surface area contributed by atoms with E-state index in [1.54, 1.807) is 0 Å². The fraction of sp³-hybridized carbons (Fsp3) is 0.429. The molecule has 1 heterocycles. The first-order valence-electron chi connectivity index (χ1n) is 6.27. The summed E-state index contributed by atoms with van der Waals surface area (Å²) in [5.74, 6) is -2.85. The molecule has 5 heteroatoms. The Kier molecular flexibility index (Phi) is 3.64. The van der Waals surface area contributed by atoms with E-state index in [-0.39, 0.29) is 17.8 Å². The van der Waals surface area contributed by atoms with Crippen LogP contribution in [0.2, 0.25) is 0 Å². The first-order valence-corrected chi connectivity index (χ1v) is 6.27. The van der Waals surface area contributed by atoms with E-state index in [1.807, 2.05) is 13.8 Å². The molecule has 0 aliphatic carbocycles. The van der Waals surface area contributed by atoms with Gasteiger partial charge in [0.25, 0.3) is 11.7 Å². The van der Waals surface area contributed by atoms with Crippen LogP contribution < -0.4 is 4.90 Å². The van der Waals surface area contributed by atoms with Crippen LogP contribution in [0.1, 0.15) is 37.0 Å². The second-order valence-corrected chi connectivity index (χ2v) is 5.11. The highest BCUT2D eigenvalue weighted by Gasteiger charge is 2.38. The van der Waals surface area contributed by atoms with E-state index in [2.05, 4.69) is 0 Å². The average molecular weight is 267 g/mol. The Labute approximate surface area is 110 Å². The van der Waals surface area contributed by atoms with Crippen molar-refractivity contribution in [1.82, 2.24) is 0 Å². The van der Waals surface area contributed by atoms with E-state index in [0.717, 1.165) is 17.4 Å².